The van der Waals surface area contributed by atoms with Crippen LogP contribution in [0, 0.1) is 0 Å². The van der Waals surface area contributed by atoms with Crippen molar-refractivity contribution in [3.05, 3.63) is 34.7 Å². The number of carbonyl (C=O) groups is 2. The van der Waals surface area contributed by atoms with E-state index in [0.29, 0.717) is 6.54 Å². The highest BCUT2D eigenvalue weighted by Gasteiger charge is 2.06. The molecule has 2 aromatic rings. The van der Waals surface area contributed by atoms with Gasteiger partial charge in [-0.1, -0.05) is 12.1 Å². The smallest absolute Gasteiger partial charge is 0.407 e. The standard InChI is InChI=1S/C14H15N3O3S/c1-9(18)16-11-5-3-10(4-6-11)12-8-21-13(17-12)7-15-14(19)20-2/h3-6,8H,7H2,1-2H3,(H,15,19)(H,16,18). The molecule has 21 heavy (non-hydrogen) atoms. The molecule has 110 valence electrons. The molecule has 2 amide bonds. The number of thiazole rings is 1. The number of amides is 2. The summed E-state index contributed by atoms with van der Waals surface area (Å²) < 4.78 is 4.50. The maximum atomic E-state index is 11.0. The van der Waals surface area contributed by atoms with Crippen LogP contribution in [-0.2, 0) is 16.1 Å². The summed E-state index contributed by atoms with van der Waals surface area (Å²) in [6.45, 7) is 1.80. The van der Waals surface area contributed by atoms with Gasteiger partial charge in [-0.25, -0.2) is 9.78 Å². The number of ether oxygens (including phenoxy) is 1. The molecule has 0 saturated heterocycles. The third-order valence-corrected chi connectivity index (χ3v) is 3.47. The molecule has 0 bridgehead atoms. The number of hydrogen-bond acceptors (Lipinski definition) is 5. The van der Waals surface area contributed by atoms with E-state index in [1.807, 2.05) is 29.6 Å². The topological polar surface area (TPSA) is 80.3 Å². The van der Waals surface area contributed by atoms with Crippen LogP contribution in [0.15, 0.2) is 29.6 Å². The normalized spacial score (nSPS) is 10.0. The van der Waals surface area contributed by atoms with Crippen molar-refractivity contribution >= 4 is 29.0 Å². The molecule has 1 aromatic carbocycles. The highest BCUT2D eigenvalue weighted by atomic mass is 32.1. The second-order valence-electron chi connectivity index (χ2n) is 4.23. The molecule has 0 aliphatic carbocycles. The van der Waals surface area contributed by atoms with Crippen LogP contribution in [0.4, 0.5) is 10.5 Å². The van der Waals surface area contributed by atoms with Crippen molar-refractivity contribution in [1.82, 2.24) is 10.3 Å². The Morgan fingerprint density at radius 1 is 1.29 bits per heavy atom. The van der Waals surface area contributed by atoms with Crippen LogP contribution in [-0.4, -0.2) is 24.1 Å². The first-order valence-corrected chi connectivity index (χ1v) is 7.10. The second kappa shape index (κ2) is 6.85. The lowest BCUT2D eigenvalue weighted by Crippen LogP contribution is -2.22. The Morgan fingerprint density at radius 3 is 2.62 bits per heavy atom. The molecule has 1 heterocycles. The number of alkyl carbamates (subject to hydrolysis) is 1. The summed E-state index contributed by atoms with van der Waals surface area (Å²) in [5.74, 6) is -0.104. The number of rotatable bonds is 4. The molecule has 6 nitrogen and oxygen atoms in total. The van der Waals surface area contributed by atoms with E-state index in [1.165, 1.54) is 25.4 Å². The van der Waals surface area contributed by atoms with Crippen LogP contribution < -0.4 is 10.6 Å². The van der Waals surface area contributed by atoms with Gasteiger partial charge >= 0.3 is 6.09 Å². The first kappa shape index (κ1) is 15.0. The van der Waals surface area contributed by atoms with Gasteiger partial charge < -0.3 is 15.4 Å². The fraction of sp³-hybridized carbons (Fsp3) is 0.214. The molecular formula is C14H15N3O3S. The van der Waals surface area contributed by atoms with E-state index >= 15 is 0 Å². The van der Waals surface area contributed by atoms with Crippen LogP contribution in [0.25, 0.3) is 11.3 Å². The van der Waals surface area contributed by atoms with Crippen LogP contribution in [0.2, 0.25) is 0 Å². The maximum Gasteiger partial charge on any atom is 0.407 e. The Bertz CT molecular complexity index is 637. The molecule has 2 rings (SSSR count). The number of aromatic nitrogens is 1. The minimum Gasteiger partial charge on any atom is -0.453 e. The number of methoxy groups -OCH3 is 1. The fourth-order valence-corrected chi connectivity index (χ4v) is 2.42. The lowest BCUT2D eigenvalue weighted by molar-refractivity contribution is -0.114. The average molecular weight is 305 g/mol. The fourth-order valence-electron chi connectivity index (χ4n) is 1.67. The van der Waals surface area contributed by atoms with Crippen molar-refractivity contribution in [2.24, 2.45) is 0 Å². The summed E-state index contributed by atoms with van der Waals surface area (Å²) >= 11 is 1.46. The van der Waals surface area contributed by atoms with Gasteiger partial charge in [0, 0.05) is 23.6 Å². The van der Waals surface area contributed by atoms with Gasteiger partial charge in [-0.2, -0.15) is 0 Å². The minimum atomic E-state index is -0.480. The van der Waals surface area contributed by atoms with E-state index in [-0.39, 0.29) is 5.91 Å². The highest BCUT2D eigenvalue weighted by molar-refractivity contribution is 7.09. The van der Waals surface area contributed by atoms with E-state index in [2.05, 4.69) is 20.4 Å². The number of nitrogens with zero attached hydrogens (tertiary/aromatic N) is 1. The lowest BCUT2D eigenvalue weighted by Gasteiger charge is -2.03. The Hall–Kier alpha value is -2.41. The van der Waals surface area contributed by atoms with Crippen molar-refractivity contribution in [2.45, 2.75) is 13.5 Å². The predicted molar refractivity (Wildman–Crippen MR) is 81.1 cm³/mol. The van der Waals surface area contributed by atoms with Crippen molar-refractivity contribution in [3.63, 3.8) is 0 Å². The minimum absolute atomic E-state index is 0.104. The molecule has 0 spiro atoms. The van der Waals surface area contributed by atoms with Gasteiger partial charge in [0.2, 0.25) is 5.91 Å². The monoisotopic (exact) mass is 305 g/mol. The molecule has 0 unspecified atom stereocenters. The number of hydrogen-bond donors (Lipinski definition) is 2. The summed E-state index contributed by atoms with van der Waals surface area (Å²) in [5.41, 5.74) is 2.52. The van der Waals surface area contributed by atoms with Gasteiger partial charge in [-0.05, 0) is 12.1 Å². The van der Waals surface area contributed by atoms with Crippen molar-refractivity contribution in [2.75, 3.05) is 12.4 Å². The second-order valence-corrected chi connectivity index (χ2v) is 5.17. The zero-order valence-electron chi connectivity index (χ0n) is 11.7. The molecule has 2 N–H and O–H groups in total. The van der Waals surface area contributed by atoms with E-state index in [4.69, 9.17) is 0 Å². The molecule has 0 aliphatic rings. The van der Waals surface area contributed by atoms with Crippen molar-refractivity contribution in [1.29, 1.82) is 0 Å². The van der Waals surface area contributed by atoms with Crippen molar-refractivity contribution in [3.8, 4) is 11.3 Å². The Balaban J connectivity index is 2.03. The van der Waals surface area contributed by atoms with Gasteiger partial charge in [-0.15, -0.1) is 11.3 Å². The van der Waals surface area contributed by atoms with E-state index < -0.39 is 6.09 Å². The Morgan fingerprint density at radius 2 is 2.00 bits per heavy atom. The van der Waals surface area contributed by atoms with Gasteiger partial charge in [0.05, 0.1) is 19.3 Å². The zero-order chi connectivity index (χ0) is 15.2. The molecule has 0 fully saturated rings. The summed E-state index contributed by atoms with van der Waals surface area (Å²) in [7, 11) is 1.32. The van der Waals surface area contributed by atoms with Crippen LogP contribution >= 0.6 is 11.3 Å². The van der Waals surface area contributed by atoms with Gasteiger partial charge in [0.25, 0.3) is 0 Å². The lowest BCUT2D eigenvalue weighted by atomic mass is 10.1. The zero-order valence-corrected chi connectivity index (χ0v) is 12.5. The Labute approximate surface area is 126 Å². The predicted octanol–water partition coefficient (Wildman–Crippen LogP) is 2.62. The van der Waals surface area contributed by atoms with Crippen LogP contribution in [0.1, 0.15) is 11.9 Å². The third-order valence-electron chi connectivity index (χ3n) is 2.62. The summed E-state index contributed by atoms with van der Waals surface area (Å²) in [6, 6.07) is 7.42. The van der Waals surface area contributed by atoms with Gasteiger partial charge in [-0.3, -0.25) is 4.79 Å². The first-order valence-electron chi connectivity index (χ1n) is 6.22. The number of nitrogens with one attached hydrogen (secondary N) is 2. The van der Waals surface area contributed by atoms with Crippen molar-refractivity contribution < 1.29 is 14.3 Å². The Kier molecular flexibility index (Phi) is 4.89. The molecule has 0 aliphatic heterocycles. The summed E-state index contributed by atoms with van der Waals surface area (Å²) in [6.07, 6.45) is -0.480. The average Bonchev–Trinajstić information content (AvgIpc) is 2.94. The number of carbonyl (C=O) groups excluding carboxylic acids is 2. The van der Waals surface area contributed by atoms with Crippen LogP contribution in [0.5, 0.6) is 0 Å². The molecule has 0 saturated carbocycles. The number of anilines is 1. The summed E-state index contributed by atoms with van der Waals surface area (Å²) in [4.78, 5) is 26.4. The van der Waals surface area contributed by atoms with Gasteiger partial charge in [0.15, 0.2) is 0 Å². The quantitative estimate of drug-likeness (QED) is 0.910. The third kappa shape index (κ3) is 4.28. The van der Waals surface area contributed by atoms with E-state index in [0.717, 1.165) is 22.0 Å². The SMILES string of the molecule is COC(=O)NCc1nc(-c2ccc(NC(C)=O)cc2)cs1. The molecule has 0 radical (unpaired) electrons. The number of benzene rings is 1. The largest absolute Gasteiger partial charge is 0.453 e. The van der Waals surface area contributed by atoms with E-state index in [1.54, 1.807) is 0 Å². The highest BCUT2D eigenvalue weighted by Crippen LogP contribution is 2.23. The van der Waals surface area contributed by atoms with Crippen LogP contribution in [0.3, 0.4) is 0 Å². The molecule has 7 heteroatoms. The molecular weight excluding hydrogens is 290 g/mol. The first-order chi connectivity index (χ1) is 10.1. The molecule has 0 atom stereocenters. The maximum absolute atomic E-state index is 11.0. The molecule has 1 aromatic heterocycles. The van der Waals surface area contributed by atoms with E-state index in [9.17, 15) is 9.59 Å². The summed E-state index contributed by atoms with van der Waals surface area (Å²) in [5, 5.41) is 8.00. The van der Waals surface area contributed by atoms with Gasteiger partial charge in [0.1, 0.15) is 5.01 Å².